The van der Waals surface area contributed by atoms with E-state index in [1.807, 2.05) is 42.3 Å². The summed E-state index contributed by atoms with van der Waals surface area (Å²) in [7, 11) is 0. The molecule has 0 spiro atoms. The molecule has 2 atom stereocenters. The van der Waals surface area contributed by atoms with Crippen molar-refractivity contribution in [2.24, 2.45) is 0 Å². The molecule has 1 fully saturated rings. The van der Waals surface area contributed by atoms with Gasteiger partial charge in [-0.15, -0.1) is 0 Å². The Hall–Kier alpha value is -3.64. The highest BCUT2D eigenvalue weighted by Gasteiger charge is 2.40. The average Bonchev–Trinajstić information content (AvgIpc) is 3.21. The molecule has 0 radical (unpaired) electrons. The minimum Gasteiger partial charge on any atom is -0.478 e. The summed E-state index contributed by atoms with van der Waals surface area (Å²) in [5.41, 5.74) is 7.12. The van der Waals surface area contributed by atoms with Gasteiger partial charge in [0, 0.05) is 18.2 Å². The van der Waals surface area contributed by atoms with Gasteiger partial charge in [-0.1, -0.05) is 54.6 Å². The molecule has 1 saturated heterocycles. The van der Waals surface area contributed by atoms with E-state index in [0.717, 1.165) is 5.56 Å². The van der Waals surface area contributed by atoms with Crippen LogP contribution >= 0.6 is 0 Å². The van der Waals surface area contributed by atoms with Gasteiger partial charge >= 0.3 is 6.09 Å². The third kappa shape index (κ3) is 3.98. The second-order valence-electron chi connectivity index (χ2n) is 9.18. The quantitative estimate of drug-likeness (QED) is 0.510. The lowest BCUT2D eigenvalue weighted by Gasteiger charge is -2.43. The lowest BCUT2D eigenvalue weighted by atomic mass is 9.91. The van der Waals surface area contributed by atoms with E-state index in [-0.39, 0.29) is 24.1 Å². The fraction of sp³-hybridized carbons (Fsp3) is 0.310. The Kier molecular flexibility index (Phi) is 5.74. The minimum absolute atomic E-state index is 0.0493. The van der Waals surface area contributed by atoms with Crippen molar-refractivity contribution in [3.8, 4) is 17.0 Å². The molecule has 1 aromatic heterocycles. The number of morpholine rings is 1. The van der Waals surface area contributed by atoms with Crippen molar-refractivity contribution in [3.63, 3.8) is 0 Å². The van der Waals surface area contributed by atoms with Crippen molar-refractivity contribution in [1.82, 2.24) is 9.88 Å². The number of fused-ring (bicyclic) bond motifs is 5. The van der Waals surface area contributed by atoms with Crippen LogP contribution in [0.3, 0.4) is 0 Å². The summed E-state index contributed by atoms with van der Waals surface area (Å²) in [5.74, 6) is 0.671. The maximum atomic E-state index is 13.3. The summed E-state index contributed by atoms with van der Waals surface area (Å²) in [6.07, 6.45) is 4.39. The van der Waals surface area contributed by atoms with Crippen LogP contribution in [0.5, 0.6) is 5.88 Å². The maximum Gasteiger partial charge on any atom is 0.410 e. The van der Waals surface area contributed by atoms with E-state index in [4.69, 9.17) is 14.2 Å². The smallest absolute Gasteiger partial charge is 0.410 e. The average molecular weight is 469 g/mol. The van der Waals surface area contributed by atoms with E-state index in [1.165, 1.54) is 27.8 Å². The molecular formula is C29H28N2O4. The Labute approximate surface area is 205 Å². The van der Waals surface area contributed by atoms with E-state index in [2.05, 4.69) is 47.5 Å². The fourth-order valence-corrected chi connectivity index (χ4v) is 5.57. The van der Waals surface area contributed by atoms with Crippen LogP contribution in [0.4, 0.5) is 4.79 Å². The van der Waals surface area contributed by atoms with Gasteiger partial charge in [0.25, 0.3) is 0 Å². The van der Waals surface area contributed by atoms with Gasteiger partial charge in [-0.25, -0.2) is 9.78 Å². The lowest BCUT2D eigenvalue weighted by Crippen LogP contribution is -2.56. The highest BCUT2D eigenvalue weighted by Crippen LogP contribution is 2.44. The van der Waals surface area contributed by atoms with Gasteiger partial charge in [-0.3, -0.25) is 4.90 Å². The van der Waals surface area contributed by atoms with Crippen LogP contribution in [0.2, 0.25) is 0 Å². The number of hydrogen-bond acceptors (Lipinski definition) is 5. The number of rotatable bonds is 5. The maximum absolute atomic E-state index is 13.3. The van der Waals surface area contributed by atoms with Gasteiger partial charge in [-0.2, -0.15) is 0 Å². The van der Waals surface area contributed by atoms with E-state index in [1.54, 1.807) is 0 Å². The number of pyridine rings is 1. The molecule has 0 N–H and O–H groups in total. The first-order valence-corrected chi connectivity index (χ1v) is 12.2. The number of carbonyl (C=O) groups excluding carboxylic acids is 1. The van der Waals surface area contributed by atoms with Gasteiger partial charge in [0.15, 0.2) is 0 Å². The van der Waals surface area contributed by atoms with E-state index < -0.39 is 0 Å². The molecule has 3 aliphatic rings. The van der Waals surface area contributed by atoms with Crippen molar-refractivity contribution in [2.75, 3.05) is 26.4 Å². The number of ether oxygens (including phenoxy) is 3. The van der Waals surface area contributed by atoms with Gasteiger partial charge in [0.1, 0.15) is 6.61 Å². The third-order valence-corrected chi connectivity index (χ3v) is 7.14. The second-order valence-corrected chi connectivity index (χ2v) is 9.18. The summed E-state index contributed by atoms with van der Waals surface area (Å²) in [6, 6.07) is 20.5. The zero-order valence-electron chi connectivity index (χ0n) is 19.7. The number of benzene rings is 2. The molecule has 1 amide bonds. The number of amides is 1. The molecule has 2 bridgehead atoms. The van der Waals surface area contributed by atoms with E-state index >= 15 is 0 Å². The molecule has 6 rings (SSSR count). The van der Waals surface area contributed by atoms with Crippen molar-refractivity contribution in [3.05, 3.63) is 89.6 Å². The molecule has 35 heavy (non-hydrogen) atoms. The molecule has 6 heteroatoms. The molecule has 178 valence electrons. The van der Waals surface area contributed by atoms with Crippen LogP contribution in [0, 0.1) is 0 Å². The predicted octanol–water partition coefficient (Wildman–Crippen LogP) is 5.29. The molecule has 6 nitrogen and oxygen atoms in total. The van der Waals surface area contributed by atoms with Crippen molar-refractivity contribution < 1.29 is 19.0 Å². The third-order valence-electron chi connectivity index (χ3n) is 7.14. The normalized spacial score (nSPS) is 20.6. The topological polar surface area (TPSA) is 60.9 Å². The van der Waals surface area contributed by atoms with Gasteiger partial charge in [0.05, 0.1) is 31.9 Å². The Morgan fingerprint density at radius 3 is 2.43 bits per heavy atom. The Morgan fingerprint density at radius 1 is 1.03 bits per heavy atom. The largest absolute Gasteiger partial charge is 0.478 e. The van der Waals surface area contributed by atoms with Crippen molar-refractivity contribution in [2.45, 2.75) is 31.3 Å². The second kappa shape index (κ2) is 9.19. The zero-order chi connectivity index (χ0) is 23.8. The van der Waals surface area contributed by atoms with Gasteiger partial charge < -0.3 is 14.2 Å². The van der Waals surface area contributed by atoms with Crippen LogP contribution in [0.25, 0.3) is 16.7 Å². The Bertz CT molecular complexity index is 1220. The van der Waals surface area contributed by atoms with Crippen LogP contribution in [-0.4, -0.2) is 54.5 Å². The molecular weight excluding hydrogens is 440 g/mol. The summed E-state index contributed by atoms with van der Waals surface area (Å²) in [5, 5.41) is 0. The van der Waals surface area contributed by atoms with Gasteiger partial charge in [-0.05, 0) is 52.8 Å². The lowest BCUT2D eigenvalue weighted by molar-refractivity contribution is -0.0331. The van der Waals surface area contributed by atoms with Crippen LogP contribution in [-0.2, 0) is 9.47 Å². The fourth-order valence-electron chi connectivity index (χ4n) is 5.57. The zero-order valence-corrected chi connectivity index (χ0v) is 19.7. The summed E-state index contributed by atoms with van der Waals surface area (Å²) in [4.78, 5) is 19.6. The first-order chi connectivity index (χ1) is 17.2. The number of carbonyl (C=O) groups is 1. The van der Waals surface area contributed by atoms with E-state index in [9.17, 15) is 4.79 Å². The summed E-state index contributed by atoms with van der Waals surface area (Å²) < 4.78 is 17.2. The molecule has 2 unspecified atom stereocenters. The van der Waals surface area contributed by atoms with Crippen molar-refractivity contribution >= 4 is 11.7 Å². The molecule has 3 heterocycles. The molecule has 1 aliphatic carbocycles. The Balaban J connectivity index is 1.19. The number of hydrogen-bond donors (Lipinski definition) is 0. The minimum atomic E-state index is -0.273. The van der Waals surface area contributed by atoms with Crippen LogP contribution in [0.1, 0.15) is 36.0 Å². The standard InChI is InChI=1S/C29H28N2O4/c1-2-34-28-12-11-19(15-30-28)20-13-21-16-33-17-22(14-20)31(21)29(32)35-18-27-25-9-5-3-7-23(25)24-8-4-6-10-26(24)27/h3-13,15,21-22,27H,2,14,16-18H2,1H3. The monoisotopic (exact) mass is 468 g/mol. The first-order valence-electron chi connectivity index (χ1n) is 12.2. The highest BCUT2D eigenvalue weighted by atomic mass is 16.6. The molecule has 0 saturated carbocycles. The number of nitrogens with zero attached hydrogens (tertiary/aromatic N) is 2. The molecule has 3 aromatic rings. The van der Waals surface area contributed by atoms with Crippen LogP contribution in [0.15, 0.2) is 72.9 Å². The first kappa shape index (κ1) is 21.9. The highest BCUT2D eigenvalue weighted by molar-refractivity contribution is 5.79. The molecule has 2 aliphatic heterocycles. The van der Waals surface area contributed by atoms with Crippen molar-refractivity contribution in [1.29, 1.82) is 0 Å². The van der Waals surface area contributed by atoms with Crippen LogP contribution < -0.4 is 4.74 Å². The van der Waals surface area contributed by atoms with E-state index in [0.29, 0.717) is 38.7 Å². The Morgan fingerprint density at radius 2 is 1.77 bits per heavy atom. The SMILES string of the molecule is CCOc1ccc(C2=CC3COCC(C2)N3C(=O)OCC2c3ccccc3-c3ccccc32)cn1. The molecule has 2 aromatic carbocycles. The number of aromatic nitrogens is 1. The summed E-state index contributed by atoms with van der Waals surface area (Å²) >= 11 is 0. The summed E-state index contributed by atoms with van der Waals surface area (Å²) in [6.45, 7) is 3.82. The predicted molar refractivity (Wildman–Crippen MR) is 133 cm³/mol. The van der Waals surface area contributed by atoms with Gasteiger partial charge in [0.2, 0.25) is 5.88 Å².